The average Bonchev–Trinajstić information content (AvgIpc) is 2.47. The Morgan fingerprint density at radius 1 is 1.45 bits per heavy atom. The van der Waals surface area contributed by atoms with Gasteiger partial charge in [0, 0.05) is 19.3 Å². The number of hydrogen-bond donors (Lipinski definition) is 0. The fourth-order valence-corrected chi connectivity index (χ4v) is 4.93. The average molecular weight is 293 g/mol. The number of sulfone groups is 1. The number of aromatic nitrogens is 1. The summed E-state index contributed by atoms with van der Waals surface area (Å²) in [6, 6.07) is 5.55. The van der Waals surface area contributed by atoms with E-state index in [2.05, 4.69) is 11.1 Å². The van der Waals surface area contributed by atoms with E-state index in [1.54, 1.807) is 18.3 Å². The Labute approximate surface area is 120 Å². The minimum atomic E-state index is -3.10. The second-order valence-corrected chi connectivity index (χ2v) is 7.62. The first-order valence-corrected chi connectivity index (χ1v) is 8.47. The molecule has 0 aliphatic carbocycles. The van der Waals surface area contributed by atoms with Gasteiger partial charge in [0.2, 0.25) is 0 Å². The maximum Gasteiger partial charge on any atom is 0.159 e. The molecule has 2 heterocycles. The highest BCUT2D eigenvalue weighted by Gasteiger charge is 2.45. The predicted octanol–water partition coefficient (Wildman–Crippen LogP) is 1.75. The molecule has 0 bridgehead atoms. The van der Waals surface area contributed by atoms with Gasteiger partial charge in [0.15, 0.2) is 9.84 Å². The van der Waals surface area contributed by atoms with E-state index in [1.165, 1.54) is 0 Å². The van der Waals surface area contributed by atoms with E-state index in [4.69, 9.17) is 5.26 Å². The van der Waals surface area contributed by atoms with E-state index in [1.807, 2.05) is 18.7 Å². The van der Waals surface area contributed by atoms with E-state index < -0.39 is 14.6 Å². The van der Waals surface area contributed by atoms with Crippen LogP contribution in [0, 0.1) is 11.3 Å². The molecule has 1 aliphatic rings. The van der Waals surface area contributed by atoms with Gasteiger partial charge >= 0.3 is 0 Å². The van der Waals surface area contributed by atoms with Crippen LogP contribution in [0.4, 0.5) is 5.82 Å². The summed E-state index contributed by atoms with van der Waals surface area (Å²) < 4.78 is 24.0. The molecule has 1 aromatic heterocycles. The normalized spacial score (nSPS) is 20.4. The van der Waals surface area contributed by atoms with Crippen molar-refractivity contribution >= 4 is 15.7 Å². The molecule has 6 heteroatoms. The quantitative estimate of drug-likeness (QED) is 0.848. The molecule has 0 amide bonds. The molecule has 0 aromatic carbocycles. The van der Waals surface area contributed by atoms with Gasteiger partial charge in [0.05, 0.1) is 16.1 Å². The second kappa shape index (κ2) is 5.41. The van der Waals surface area contributed by atoms with Crippen molar-refractivity contribution in [2.45, 2.75) is 31.4 Å². The van der Waals surface area contributed by atoms with Crippen LogP contribution in [-0.4, -0.2) is 37.0 Å². The third kappa shape index (κ3) is 2.27. The Morgan fingerprint density at radius 3 is 2.75 bits per heavy atom. The number of pyridine rings is 1. The molecule has 0 saturated carbocycles. The Balaban J connectivity index is 2.41. The Hall–Kier alpha value is -1.61. The Kier molecular flexibility index (Phi) is 4.00. The minimum absolute atomic E-state index is 0.121. The summed E-state index contributed by atoms with van der Waals surface area (Å²) in [6.45, 7) is 4.63. The van der Waals surface area contributed by atoms with Crippen LogP contribution in [0.15, 0.2) is 18.3 Å². The van der Waals surface area contributed by atoms with Gasteiger partial charge in [-0.15, -0.1) is 0 Å². The van der Waals surface area contributed by atoms with Crippen LogP contribution in [0.2, 0.25) is 0 Å². The molecule has 2 rings (SSSR count). The van der Waals surface area contributed by atoms with Gasteiger partial charge in [-0.1, -0.05) is 13.8 Å². The minimum Gasteiger partial charge on any atom is -0.353 e. The number of rotatable bonds is 3. The monoisotopic (exact) mass is 293 g/mol. The van der Waals surface area contributed by atoms with Crippen LogP contribution in [0.25, 0.3) is 0 Å². The standard InChI is InChI=1S/C14H19N3O2S/c1-3-14(4-2)11-17(8-9-20(14,18)19)13-12(10-15)6-5-7-16-13/h5-7H,3-4,8-9,11H2,1-2H3. The second-order valence-electron chi connectivity index (χ2n) is 5.12. The van der Waals surface area contributed by atoms with E-state index in [9.17, 15) is 8.42 Å². The molecule has 108 valence electrons. The maximum absolute atomic E-state index is 12.4. The summed E-state index contributed by atoms with van der Waals surface area (Å²) in [5, 5.41) is 9.16. The van der Waals surface area contributed by atoms with Crippen molar-refractivity contribution in [2.75, 3.05) is 23.7 Å². The number of anilines is 1. The summed E-state index contributed by atoms with van der Waals surface area (Å²) in [4.78, 5) is 6.20. The van der Waals surface area contributed by atoms with E-state index in [-0.39, 0.29) is 5.75 Å². The lowest BCUT2D eigenvalue weighted by Crippen LogP contribution is -2.56. The van der Waals surface area contributed by atoms with Crippen LogP contribution in [-0.2, 0) is 9.84 Å². The highest BCUT2D eigenvalue weighted by Crippen LogP contribution is 2.33. The van der Waals surface area contributed by atoms with Crippen LogP contribution in [0.3, 0.4) is 0 Å². The van der Waals surface area contributed by atoms with Crippen LogP contribution in [0.5, 0.6) is 0 Å². The smallest absolute Gasteiger partial charge is 0.159 e. The van der Waals surface area contributed by atoms with Gasteiger partial charge in [-0.2, -0.15) is 5.26 Å². The molecule has 1 saturated heterocycles. The summed E-state index contributed by atoms with van der Waals surface area (Å²) in [7, 11) is -3.10. The van der Waals surface area contributed by atoms with Gasteiger partial charge in [-0.25, -0.2) is 13.4 Å². The first-order chi connectivity index (χ1) is 9.49. The zero-order chi connectivity index (χ0) is 14.8. The van der Waals surface area contributed by atoms with Crippen molar-refractivity contribution in [3.05, 3.63) is 23.9 Å². The van der Waals surface area contributed by atoms with E-state index in [0.717, 1.165) is 0 Å². The zero-order valence-electron chi connectivity index (χ0n) is 11.8. The van der Waals surface area contributed by atoms with E-state index in [0.29, 0.717) is 37.3 Å². The molecule has 20 heavy (non-hydrogen) atoms. The van der Waals surface area contributed by atoms with Crippen molar-refractivity contribution in [1.82, 2.24) is 4.98 Å². The number of hydrogen-bond acceptors (Lipinski definition) is 5. The van der Waals surface area contributed by atoms with Crippen molar-refractivity contribution in [2.24, 2.45) is 0 Å². The lowest BCUT2D eigenvalue weighted by molar-refractivity contribution is 0.457. The van der Waals surface area contributed by atoms with Gasteiger partial charge in [-0.05, 0) is 25.0 Å². The molecule has 1 aliphatic heterocycles. The third-order valence-electron chi connectivity index (χ3n) is 4.26. The van der Waals surface area contributed by atoms with Crippen molar-refractivity contribution in [1.29, 1.82) is 5.26 Å². The lowest BCUT2D eigenvalue weighted by Gasteiger charge is -2.42. The molecule has 0 radical (unpaired) electrons. The van der Waals surface area contributed by atoms with Gasteiger partial charge in [0.1, 0.15) is 11.9 Å². The summed E-state index contributed by atoms with van der Waals surface area (Å²) in [5.74, 6) is 0.715. The first-order valence-electron chi connectivity index (χ1n) is 6.82. The summed E-state index contributed by atoms with van der Waals surface area (Å²) in [6.07, 6.45) is 2.80. The van der Waals surface area contributed by atoms with Crippen LogP contribution in [0.1, 0.15) is 32.3 Å². The number of nitriles is 1. The summed E-state index contributed by atoms with van der Waals surface area (Å²) >= 11 is 0. The predicted molar refractivity (Wildman–Crippen MR) is 78.3 cm³/mol. The molecular weight excluding hydrogens is 274 g/mol. The molecule has 1 aromatic rings. The Bertz CT molecular complexity index is 630. The highest BCUT2D eigenvalue weighted by atomic mass is 32.2. The summed E-state index contributed by atoms with van der Waals surface area (Å²) in [5.41, 5.74) is 0.493. The number of nitrogens with zero attached hydrogens (tertiary/aromatic N) is 3. The van der Waals surface area contributed by atoms with Gasteiger partial charge in [-0.3, -0.25) is 0 Å². The zero-order valence-corrected chi connectivity index (χ0v) is 12.7. The van der Waals surface area contributed by atoms with Crippen molar-refractivity contribution < 1.29 is 8.42 Å². The molecule has 0 spiro atoms. The van der Waals surface area contributed by atoms with Crippen molar-refractivity contribution in [3.63, 3.8) is 0 Å². The van der Waals surface area contributed by atoms with E-state index >= 15 is 0 Å². The topological polar surface area (TPSA) is 74.1 Å². The molecule has 0 unspecified atom stereocenters. The lowest BCUT2D eigenvalue weighted by atomic mass is 10.0. The Morgan fingerprint density at radius 2 is 2.15 bits per heavy atom. The molecule has 1 fully saturated rings. The fourth-order valence-electron chi connectivity index (χ4n) is 2.80. The largest absolute Gasteiger partial charge is 0.353 e. The third-order valence-corrected chi connectivity index (χ3v) is 7.01. The van der Waals surface area contributed by atoms with Gasteiger partial charge < -0.3 is 4.90 Å². The molecule has 5 nitrogen and oxygen atoms in total. The molecule has 0 N–H and O–H groups in total. The van der Waals surface area contributed by atoms with Gasteiger partial charge in [0.25, 0.3) is 0 Å². The van der Waals surface area contributed by atoms with Crippen LogP contribution >= 0.6 is 0 Å². The maximum atomic E-state index is 12.4. The SMILES string of the molecule is CCC1(CC)CN(c2ncccc2C#N)CCS1(=O)=O. The highest BCUT2D eigenvalue weighted by molar-refractivity contribution is 7.92. The fraction of sp³-hybridized carbons (Fsp3) is 0.571. The molecular formula is C14H19N3O2S. The van der Waals surface area contributed by atoms with Crippen molar-refractivity contribution in [3.8, 4) is 6.07 Å². The molecule has 0 atom stereocenters. The van der Waals surface area contributed by atoms with Crippen LogP contribution < -0.4 is 4.90 Å². The first kappa shape index (κ1) is 14.8.